The zero-order valence-electron chi connectivity index (χ0n) is 18.5. The van der Waals surface area contributed by atoms with Crippen molar-refractivity contribution in [2.45, 2.75) is 38.5 Å². The van der Waals surface area contributed by atoms with E-state index in [0.29, 0.717) is 36.5 Å². The summed E-state index contributed by atoms with van der Waals surface area (Å²) in [5, 5.41) is 10.8. The van der Waals surface area contributed by atoms with Gasteiger partial charge in [-0.1, -0.05) is 41.4 Å². The molecule has 1 atom stereocenters. The number of amides is 1. The minimum Gasteiger partial charge on any atom is -0.432 e. The number of nitrogens with zero attached hydrogens (tertiary/aromatic N) is 2. The highest BCUT2D eigenvalue weighted by Crippen LogP contribution is 2.34. The summed E-state index contributed by atoms with van der Waals surface area (Å²) < 4.78 is 14.2. The second kappa shape index (κ2) is 10.2. The number of piperidine rings is 1. The van der Waals surface area contributed by atoms with Crippen LogP contribution in [0.15, 0.2) is 53.6 Å². The van der Waals surface area contributed by atoms with E-state index in [4.69, 9.17) is 11.6 Å². The molecule has 1 N–H and O–H groups in total. The van der Waals surface area contributed by atoms with E-state index < -0.39 is 7.05 Å². The molecule has 0 aliphatic carbocycles. The summed E-state index contributed by atoms with van der Waals surface area (Å²) in [6.45, 7) is 3.04. The predicted octanol–water partition coefficient (Wildman–Crippen LogP) is 3.60. The standard InChI is InChI=1S/C24H25B2ClFN2O3/c1-26(33)30-20(14-22(24(30)32)18-8-10-29(11-9-18)25-15-31)12-16-2-4-17(5-3-16)21-13-19(27)6-7-23(21)28/h2-7,13,15,20,33H,8-12,14H2,1H3/t20-/m1/s1. The van der Waals surface area contributed by atoms with Gasteiger partial charge in [0.25, 0.3) is 7.41 Å². The van der Waals surface area contributed by atoms with Crippen molar-refractivity contribution in [3.05, 3.63) is 70.0 Å². The van der Waals surface area contributed by atoms with E-state index in [0.717, 1.165) is 41.3 Å². The van der Waals surface area contributed by atoms with E-state index in [1.54, 1.807) is 25.1 Å². The van der Waals surface area contributed by atoms with Crippen LogP contribution in [0.4, 0.5) is 4.39 Å². The van der Waals surface area contributed by atoms with Crippen LogP contribution < -0.4 is 0 Å². The quantitative estimate of drug-likeness (QED) is 0.402. The highest BCUT2D eigenvalue weighted by Gasteiger charge is 2.40. The molecule has 2 fully saturated rings. The first-order valence-corrected chi connectivity index (χ1v) is 11.5. The summed E-state index contributed by atoms with van der Waals surface area (Å²) in [5.74, 6) is -0.433. The number of carbonyl (C=O) groups excluding carboxylic acids is 2. The van der Waals surface area contributed by atoms with Crippen LogP contribution >= 0.6 is 11.6 Å². The monoisotopic (exact) mass is 465 g/mol. The number of benzene rings is 2. The van der Waals surface area contributed by atoms with Gasteiger partial charge in [-0.25, -0.2) is 4.39 Å². The van der Waals surface area contributed by atoms with Crippen LogP contribution in [-0.2, 0) is 16.0 Å². The number of hydrogen-bond donors (Lipinski definition) is 1. The van der Waals surface area contributed by atoms with Crippen LogP contribution in [-0.4, -0.2) is 60.3 Å². The van der Waals surface area contributed by atoms with Crippen LogP contribution in [0.3, 0.4) is 0 Å². The minimum absolute atomic E-state index is 0.101. The normalized spacial score (nSPS) is 19.2. The third-order valence-electron chi connectivity index (χ3n) is 6.49. The molecule has 33 heavy (non-hydrogen) atoms. The smallest absolute Gasteiger partial charge is 0.412 e. The summed E-state index contributed by atoms with van der Waals surface area (Å²) in [7, 11) is 0.658. The molecule has 2 aliphatic rings. The van der Waals surface area contributed by atoms with Gasteiger partial charge >= 0.3 is 7.05 Å². The van der Waals surface area contributed by atoms with Gasteiger partial charge in [0.1, 0.15) is 5.82 Å². The molecule has 0 aromatic heterocycles. The first kappa shape index (κ1) is 23.7. The van der Waals surface area contributed by atoms with Crippen molar-refractivity contribution < 1.29 is 19.0 Å². The highest BCUT2D eigenvalue weighted by molar-refractivity contribution is 6.64. The lowest BCUT2D eigenvalue weighted by Gasteiger charge is -2.27. The number of halogens is 2. The fraction of sp³-hybridized carbons (Fsp3) is 0.333. The van der Waals surface area contributed by atoms with Crippen LogP contribution in [0.25, 0.3) is 11.1 Å². The predicted molar refractivity (Wildman–Crippen MR) is 130 cm³/mol. The third kappa shape index (κ3) is 5.24. The van der Waals surface area contributed by atoms with E-state index in [-0.39, 0.29) is 17.8 Å². The summed E-state index contributed by atoms with van der Waals surface area (Å²) in [4.78, 5) is 27.4. The van der Waals surface area contributed by atoms with E-state index in [1.165, 1.54) is 12.1 Å². The Kier molecular flexibility index (Phi) is 7.37. The zero-order valence-corrected chi connectivity index (χ0v) is 19.3. The second-order valence-corrected chi connectivity index (χ2v) is 9.07. The Morgan fingerprint density at radius 2 is 1.91 bits per heavy atom. The molecule has 2 saturated heterocycles. The van der Waals surface area contributed by atoms with E-state index in [1.807, 2.05) is 29.1 Å². The van der Waals surface area contributed by atoms with Gasteiger partial charge in [0.15, 0.2) is 0 Å². The molecular weight excluding hydrogens is 440 g/mol. The molecule has 1 radical (unpaired) electrons. The Morgan fingerprint density at radius 3 is 2.55 bits per heavy atom. The summed E-state index contributed by atoms with van der Waals surface area (Å²) in [5.41, 5.74) is 4.10. The first-order valence-electron chi connectivity index (χ1n) is 11.2. The van der Waals surface area contributed by atoms with Gasteiger partial charge in [-0.05, 0) is 74.9 Å². The Labute approximate surface area is 199 Å². The van der Waals surface area contributed by atoms with Crippen molar-refractivity contribution in [3.63, 3.8) is 0 Å². The van der Waals surface area contributed by atoms with Gasteiger partial charge in [0, 0.05) is 22.2 Å². The lowest BCUT2D eigenvalue weighted by molar-refractivity contribution is -0.122. The molecule has 9 heteroatoms. The molecule has 1 amide bonds. The lowest BCUT2D eigenvalue weighted by Crippen LogP contribution is -2.44. The SMILES string of the molecule is CB(O)N1C(=O)C(=C2CCN([B]C=O)CC2)C[C@H]1Cc1ccc(-c2cc(Cl)ccc2F)cc1. The highest BCUT2D eigenvalue weighted by atomic mass is 35.5. The van der Waals surface area contributed by atoms with Gasteiger partial charge in [0.05, 0.1) is 6.19 Å². The van der Waals surface area contributed by atoms with Crippen LogP contribution in [0.1, 0.15) is 24.8 Å². The molecule has 169 valence electrons. The van der Waals surface area contributed by atoms with Crippen LogP contribution in [0, 0.1) is 5.82 Å². The molecule has 5 nitrogen and oxygen atoms in total. The van der Waals surface area contributed by atoms with E-state index in [9.17, 15) is 19.0 Å². The van der Waals surface area contributed by atoms with Gasteiger partial charge in [-0.2, -0.15) is 0 Å². The van der Waals surface area contributed by atoms with Gasteiger partial charge in [-0.15, -0.1) is 0 Å². The Morgan fingerprint density at radius 1 is 1.21 bits per heavy atom. The average Bonchev–Trinajstić information content (AvgIpc) is 3.12. The molecule has 2 aromatic rings. The van der Waals surface area contributed by atoms with Gasteiger partial charge < -0.3 is 19.4 Å². The van der Waals surface area contributed by atoms with Crippen molar-refractivity contribution in [2.24, 2.45) is 0 Å². The van der Waals surface area contributed by atoms with Crippen molar-refractivity contribution in [1.82, 2.24) is 9.62 Å². The molecule has 2 aliphatic heterocycles. The fourth-order valence-corrected chi connectivity index (χ4v) is 5.00. The molecule has 0 unspecified atom stereocenters. The maximum atomic E-state index is 14.2. The van der Waals surface area contributed by atoms with Crippen LogP contribution in [0.2, 0.25) is 11.8 Å². The first-order chi connectivity index (χ1) is 15.9. The largest absolute Gasteiger partial charge is 0.432 e. The molecule has 4 rings (SSSR count). The maximum Gasteiger partial charge on any atom is 0.412 e. The Balaban J connectivity index is 1.51. The zero-order chi connectivity index (χ0) is 23.5. The Hall–Kier alpha value is -2.41. The topological polar surface area (TPSA) is 60.9 Å². The van der Waals surface area contributed by atoms with Gasteiger partial charge in [-0.3, -0.25) is 4.79 Å². The van der Waals surface area contributed by atoms with Crippen molar-refractivity contribution in [2.75, 3.05) is 13.1 Å². The number of rotatable bonds is 6. The molecule has 2 heterocycles. The number of hydrogen-bond acceptors (Lipinski definition) is 4. The van der Waals surface area contributed by atoms with Gasteiger partial charge in [0.2, 0.25) is 5.91 Å². The van der Waals surface area contributed by atoms with E-state index >= 15 is 0 Å². The van der Waals surface area contributed by atoms with Crippen molar-refractivity contribution in [1.29, 1.82) is 0 Å². The summed E-state index contributed by atoms with van der Waals surface area (Å²) in [6, 6.07) is 11.9. The molecule has 0 spiro atoms. The second-order valence-electron chi connectivity index (χ2n) is 8.63. The third-order valence-corrected chi connectivity index (χ3v) is 6.73. The summed E-state index contributed by atoms with van der Waals surface area (Å²) >= 11 is 6.02. The number of carbonyl (C=O) groups is 2. The fourth-order valence-electron chi connectivity index (χ4n) is 4.83. The van der Waals surface area contributed by atoms with Crippen molar-refractivity contribution >= 4 is 38.2 Å². The molecule has 0 bridgehead atoms. The van der Waals surface area contributed by atoms with Crippen molar-refractivity contribution in [3.8, 4) is 11.1 Å². The van der Waals surface area contributed by atoms with Crippen LogP contribution in [0.5, 0.6) is 0 Å². The molecule has 2 aromatic carbocycles. The Bertz CT molecular complexity index is 1070. The lowest BCUT2D eigenvalue weighted by atomic mass is 9.83. The maximum absolute atomic E-state index is 14.2. The minimum atomic E-state index is -0.885. The summed E-state index contributed by atoms with van der Waals surface area (Å²) in [6.07, 6.45) is 3.45. The molecular formula is C24H25B2ClFN2O3. The van der Waals surface area contributed by atoms with E-state index in [2.05, 4.69) is 0 Å². The molecule has 0 saturated carbocycles. The average molecular weight is 466 g/mol.